The van der Waals surface area contributed by atoms with E-state index in [1.54, 1.807) is 48.5 Å². The lowest BCUT2D eigenvalue weighted by Gasteiger charge is -2.03. The largest absolute Gasteiger partial charge is 0.508 e. The van der Waals surface area contributed by atoms with Crippen molar-refractivity contribution in [3.63, 3.8) is 0 Å². The number of benzene rings is 2. The molecular formula is C18H14ClNO3. The third-order valence-corrected chi connectivity index (χ3v) is 3.60. The first-order valence-electron chi connectivity index (χ1n) is 7.04. The number of phenols is 1. The van der Waals surface area contributed by atoms with E-state index in [1.165, 1.54) is 0 Å². The zero-order valence-corrected chi connectivity index (χ0v) is 12.9. The summed E-state index contributed by atoms with van der Waals surface area (Å²) in [6.07, 6.45) is 0. The number of hydrogen-bond acceptors (Lipinski definition) is 3. The van der Waals surface area contributed by atoms with E-state index in [0.29, 0.717) is 17.3 Å². The first-order chi connectivity index (χ1) is 11.1. The standard InChI is InChI=1S/C18H14ClNO3/c19-14-5-1-12(2-6-14)11-20-18(22)17-10-9-16(23-17)13-3-7-15(21)8-4-13/h1-10,21H,11H2,(H,20,22). The van der Waals surface area contributed by atoms with Crippen molar-refractivity contribution in [1.29, 1.82) is 0 Å². The van der Waals surface area contributed by atoms with Crippen molar-refractivity contribution >= 4 is 17.5 Å². The van der Waals surface area contributed by atoms with Crippen LogP contribution in [-0.4, -0.2) is 11.0 Å². The summed E-state index contributed by atoms with van der Waals surface area (Å²) >= 11 is 5.82. The highest BCUT2D eigenvalue weighted by Crippen LogP contribution is 2.24. The third-order valence-electron chi connectivity index (χ3n) is 3.35. The molecule has 0 spiro atoms. The summed E-state index contributed by atoms with van der Waals surface area (Å²) in [5.41, 5.74) is 1.74. The smallest absolute Gasteiger partial charge is 0.287 e. The van der Waals surface area contributed by atoms with Gasteiger partial charge in [0.1, 0.15) is 11.5 Å². The van der Waals surface area contributed by atoms with Crippen LogP contribution in [-0.2, 0) is 6.54 Å². The number of amides is 1. The molecular weight excluding hydrogens is 314 g/mol. The molecule has 0 saturated heterocycles. The van der Waals surface area contributed by atoms with Crippen molar-refractivity contribution in [2.45, 2.75) is 6.54 Å². The molecule has 2 aromatic carbocycles. The van der Waals surface area contributed by atoms with Crippen LogP contribution in [0.15, 0.2) is 65.1 Å². The molecule has 0 fully saturated rings. The van der Waals surface area contributed by atoms with Gasteiger partial charge in [0, 0.05) is 17.1 Å². The summed E-state index contributed by atoms with van der Waals surface area (Å²) in [6, 6.07) is 17.2. The maximum Gasteiger partial charge on any atom is 0.287 e. The van der Waals surface area contributed by atoms with Crippen molar-refractivity contribution in [1.82, 2.24) is 5.32 Å². The number of halogens is 1. The molecule has 0 aliphatic carbocycles. The Kier molecular flexibility index (Phi) is 4.35. The monoisotopic (exact) mass is 327 g/mol. The van der Waals surface area contributed by atoms with Crippen molar-refractivity contribution < 1.29 is 14.3 Å². The topological polar surface area (TPSA) is 62.5 Å². The zero-order chi connectivity index (χ0) is 16.2. The Hall–Kier alpha value is -2.72. The van der Waals surface area contributed by atoms with Gasteiger partial charge in [0.25, 0.3) is 5.91 Å². The normalized spacial score (nSPS) is 10.5. The predicted octanol–water partition coefficient (Wildman–Crippen LogP) is 4.24. The molecule has 23 heavy (non-hydrogen) atoms. The van der Waals surface area contributed by atoms with E-state index in [9.17, 15) is 9.90 Å². The minimum Gasteiger partial charge on any atom is -0.508 e. The van der Waals surface area contributed by atoms with E-state index >= 15 is 0 Å². The maximum absolute atomic E-state index is 12.1. The number of aromatic hydroxyl groups is 1. The number of furan rings is 1. The van der Waals surface area contributed by atoms with Gasteiger partial charge in [-0.25, -0.2) is 0 Å². The average Bonchev–Trinajstić information content (AvgIpc) is 3.05. The van der Waals surface area contributed by atoms with Crippen LogP contribution in [0.2, 0.25) is 5.02 Å². The predicted molar refractivity (Wildman–Crippen MR) is 88.4 cm³/mol. The molecule has 0 saturated carbocycles. The van der Waals surface area contributed by atoms with Crippen LogP contribution in [0, 0.1) is 0 Å². The fourth-order valence-corrected chi connectivity index (χ4v) is 2.24. The molecule has 1 heterocycles. The SMILES string of the molecule is O=C(NCc1ccc(Cl)cc1)c1ccc(-c2ccc(O)cc2)o1. The Balaban J connectivity index is 1.66. The van der Waals surface area contributed by atoms with Crippen LogP contribution in [0.3, 0.4) is 0 Å². The van der Waals surface area contributed by atoms with Gasteiger partial charge in [-0.3, -0.25) is 4.79 Å². The molecule has 0 atom stereocenters. The van der Waals surface area contributed by atoms with Crippen LogP contribution in [0.5, 0.6) is 5.75 Å². The zero-order valence-electron chi connectivity index (χ0n) is 12.1. The Morgan fingerprint density at radius 3 is 2.39 bits per heavy atom. The number of carbonyl (C=O) groups excluding carboxylic acids is 1. The Bertz CT molecular complexity index is 807. The van der Waals surface area contributed by atoms with E-state index in [-0.39, 0.29) is 17.4 Å². The van der Waals surface area contributed by atoms with E-state index in [1.807, 2.05) is 12.1 Å². The van der Waals surface area contributed by atoms with Crippen LogP contribution < -0.4 is 5.32 Å². The summed E-state index contributed by atoms with van der Waals surface area (Å²) in [5.74, 6) is 0.704. The summed E-state index contributed by atoms with van der Waals surface area (Å²) in [7, 11) is 0. The average molecular weight is 328 g/mol. The molecule has 0 unspecified atom stereocenters. The quantitative estimate of drug-likeness (QED) is 0.753. The number of nitrogens with one attached hydrogen (secondary N) is 1. The van der Waals surface area contributed by atoms with Gasteiger partial charge >= 0.3 is 0 Å². The fourth-order valence-electron chi connectivity index (χ4n) is 2.11. The van der Waals surface area contributed by atoms with Crippen LogP contribution in [0.25, 0.3) is 11.3 Å². The van der Waals surface area contributed by atoms with Crippen LogP contribution in [0.1, 0.15) is 16.1 Å². The number of carbonyl (C=O) groups is 1. The minimum absolute atomic E-state index is 0.182. The summed E-state index contributed by atoms with van der Waals surface area (Å²) < 4.78 is 5.56. The number of rotatable bonds is 4. The summed E-state index contributed by atoms with van der Waals surface area (Å²) in [5, 5.41) is 12.7. The molecule has 0 aliphatic rings. The molecule has 1 aromatic heterocycles. The van der Waals surface area contributed by atoms with Gasteiger partial charge in [0.2, 0.25) is 0 Å². The molecule has 3 rings (SSSR count). The van der Waals surface area contributed by atoms with Gasteiger partial charge in [-0.15, -0.1) is 0 Å². The lowest BCUT2D eigenvalue weighted by molar-refractivity contribution is 0.0924. The van der Waals surface area contributed by atoms with Gasteiger partial charge in [-0.1, -0.05) is 23.7 Å². The van der Waals surface area contributed by atoms with E-state index in [4.69, 9.17) is 16.0 Å². The van der Waals surface area contributed by atoms with Gasteiger partial charge in [-0.05, 0) is 54.1 Å². The number of hydrogen-bond donors (Lipinski definition) is 2. The van der Waals surface area contributed by atoms with E-state index in [0.717, 1.165) is 11.1 Å². The highest BCUT2D eigenvalue weighted by Gasteiger charge is 2.12. The second-order valence-electron chi connectivity index (χ2n) is 5.02. The molecule has 0 bridgehead atoms. The van der Waals surface area contributed by atoms with Gasteiger partial charge in [0.05, 0.1) is 0 Å². The minimum atomic E-state index is -0.287. The molecule has 1 amide bonds. The first-order valence-corrected chi connectivity index (χ1v) is 7.41. The van der Waals surface area contributed by atoms with Crippen molar-refractivity contribution in [3.05, 3.63) is 77.0 Å². The van der Waals surface area contributed by atoms with Crippen molar-refractivity contribution in [2.75, 3.05) is 0 Å². The molecule has 116 valence electrons. The van der Waals surface area contributed by atoms with Crippen molar-refractivity contribution in [3.8, 4) is 17.1 Å². The Morgan fingerprint density at radius 2 is 1.70 bits per heavy atom. The number of phenolic OH excluding ortho intramolecular Hbond substituents is 1. The highest BCUT2D eigenvalue weighted by atomic mass is 35.5. The Labute approximate surface area is 138 Å². The summed E-state index contributed by atoms with van der Waals surface area (Å²) in [4.78, 5) is 12.1. The fraction of sp³-hybridized carbons (Fsp3) is 0.0556. The van der Waals surface area contributed by atoms with Gasteiger partial charge < -0.3 is 14.8 Å². The molecule has 0 aliphatic heterocycles. The lowest BCUT2D eigenvalue weighted by atomic mass is 10.2. The maximum atomic E-state index is 12.1. The lowest BCUT2D eigenvalue weighted by Crippen LogP contribution is -2.22. The first kappa shape index (κ1) is 15.2. The molecule has 0 radical (unpaired) electrons. The Morgan fingerprint density at radius 1 is 1.00 bits per heavy atom. The van der Waals surface area contributed by atoms with Gasteiger partial charge in [0.15, 0.2) is 5.76 Å². The highest BCUT2D eigenvalue weighted by molar-refractivity contribution is 6.30. The molecule has 4 nitrogen and oxygen atoms in total. The van der Waals surface area contributed by atoms with E-state index in [2.05, 4.69) is 5.32 Å². The molecule has 2 N–H and O–H groups in total. The third kappa shape index (κ3) is 3.73. The summed E-state index contributed by atoms with van der Waals surface area (Å²) in [6.45, 7) is 0.394. The van der Waals surface area contributed by atoms with Crippen LogP contribution >= 0.6 is 11.6 Å². The molecule has 3 aromatic rings. The van der Waals surface area contributed by atoms with E-state index < -0.39 is 0 Å². The second kappa shape index (κ2) is 6.58. The molecule has 5 heteroatoms. The van der Waals surface area contributed by atoms with Gasteiger partial charge in [-0.2, -0.15) is 0 Å². The van der Waals surface area contributed by atoms with Crippen molar-refractivity contribution in [2.24, 2.45) is 0 Å². The second-order valence-corrected chi connectivity index (χ2v) is 5.46. The van der Waals surface area contributed by atoms with Crippen LogP contribution in [0.4, 0.5) is 0 Å².